The first kappa shape index (κ1) is 15.8. The van der Waals surface area contributed by atoms with Crippen molar-refractivity contribution in [3.05, 3.63) is 71.2 Å². The van der Waals surface area contributed by atoms with Gasteiger partial charge in [-0.05, 0) is 36.2 Å². The zero-order valence-corrected chi connectivity index (χ0v) is 13.9. The number of carbonyl (C=O) groups is 1. The van der Waals surface area contributed by atoms with Gasteiger partial charge in [0.25, 0.3) is 0 Å². The van der Waals surface area contributed by atoms with Crippen LogP contribution in [0.25, 0.3) is 10.9 Å². The zero-order valence-electron chi connectivity index (χ0n) is 13.9. The second-order valence-electron chi connectivity index (χ2n) is 6.22. The summed E-state index contributed by atoms with van der Waals surface area (Å²) >= 11 is 0. The van der Waals surface area contributed by atoms with E-state index in [-0.39, 0.29) is 17.8 Å². The number of hydrogen-bond acceptors (Lipinski definition) is 3. The van der Waals surface area contributed by atoms with Crippen LogP contribution in [0.2, 0.25) is 0 Å². The highest BCUT2D eigenvalue weighted by atomic mass is 19.1. The lowest BCUT2D eigenvalue weighted by Crippen LogP contribution is -2.45. The minimum absolute atomic E-state index is 0.217. The summed E-state index contributed by atoms with van der Waals surface area (Å²) in [6.07, 6.45) is 0.565. The Balaban J connectivity index is 1.82. The molecule has 0 aliphatic carbocycles. The van der Waals surface area contributed by atoms with E-state index in [1.165, 1.54) is 12.1 Å². The maximum atomic E-state index is 13.3. The molecule has 4 nitrogen and oxygen atoms in total. The Morgan fingerprint density at radius 3 is 2.72 bits per heavy atom. The van der Waals surface area contributed by atoms with Crippen molar-refractivity contribution in [3.8, 4) is 0 Å². The van der Waals surface area contributed by atoms with E-state index in [9.17, 15) is 9.18 Å². The summed E-state index contributed by atoms with van der Waals surface area (Å²) in [6, 6.07) is 13.8. The number of H-pyrrole nitrogens is 1. The van der Waals surface area contributed by atoms with E-state index in [1.807, 2.05) is 18.2 Å². The zero-order chi connectivity index (χ0) is 17.4. The third-order valence-corrected chi connectivity index (χ3v) is 4.69. The largest absolute Gasteiger partial charge is 0.465 e. The number of ether oxygens (including phenoxy) is 1. The number of halogens is 1. The summed E-state index contributed by atoms with van der Waals surface area (Å²) in [6.45, 7) is 2.15. The summed E-state index contributed by atoms with van der Waals surface area (Å²) in [5.74, 6) is -0.538. The van der Waals surface area contributed by atoms with Gasteiger partial charge in [-0.2, -0.15) is 0 Å². The highest BCUT2D eigenvalue weighted by Crippen LogP contribution is 2.35. The molecule has 0 bridgehead atoms. The highest BCUT2D eigenvalue weighted by Gasteiger charge is 2.34. The van der Waals surface area contributed by atoms with E-state index < -0.39 is 6.04 Å². The summed E-state index contributed by atoms with van der Waals surface area (Å²) in [5, 5.41) is 4.47. The van der Waals surface area contributed by atoms with Gasteiger partial charge in [0.2, 0.25) is 0 Å². The molecule has 4 rings (SSSR count). The van der Waals surface area contributed by atoms with Gasteiger partial charge in [-0.25, -0.2) is 4.39 Å². The molecule has 0 unspecified atom stereocenters. The molecule has 0 spiro atoms. The van der Waals surface area contributed by atoms with Crippen molar-refractivity contribution in [1.82, 2.24) is 10.3 Å². The molecule has 1 aliphatic rings. The molecule has 1 aromatic heterocycles. The molecule has 0 saturated carbocycles. The maximum absolute atomic E-state index is 13.3. The molecule has 2 N–H and O–H groups in total. The van der Waals surface area contributed by atoms with E-state index in [0.717, 1.165) is 27.7 Å². The van der Waals surface area contributed by atoms with Crippen LogP contribution < -0.4 is 5.32 Å². The van der Waals surface area contributed by atoms with Gasteiger partial charge in [0.1, 0.15) is 11.9 Å². The topological polar surface area (TPSA) is 54.1 Å². The first-order valence-electron chi connectivity index (χ1n) is 8.45. The molecule has 2 aromatic carbocycles. The van der Waals surface area contributed by atoms with Crippen molar-refractivity contribution in [2.75, 3.05) is 6.61 Å². The van der Waals surface area contributed by atoms with Crippen LogP contribution in [0.5, 0.6) is 0 Å². The molecule has 0 radical (unpaired) electrons. The monoisotopic (exact) mass is 338 g/mol. The Morgan fingerprint density at radius 2 is 1.96 bits per heavy atom. The molecule has 3 aromatic rings. The number of fused-ring (bicyclic) bond motifs is 3. The van der Waals surface area contributed by atoms with E-state index in [2.05, 4.69) is 16.4 Å². The number of hydrogen-bond donors (Lipinski definition) is 2. The van der Waals surface area contributed by atoms with Crippen molar-refractivity contribution in [2.24, 2.45) is 0 Å². The second-order valence-corrected chi connectivity index (χ2v) is 6.22. The van der Waals surface area contributed by atoms with Crippen LogP contribution in [0.4, 0.5) is 4.39 Å². The minimum Gasteiger partial charge on any atom is -0.465 e. The van der Waals surface area contributed by atoms with Gasteiger partial charge in [-0.15, -0.1) is 0 Å². The van der Waals surface area contributed by atoms with Gasteiger partial charge in [-0.3, -0.25) is 10.1 Å². The Bertz CT molecular complexity index is 917. The summed E-state index contributed by atoms with van der Waals surface area (Å²) in [7, 11) is 0. The molecule has 1 aliphatic heterocycles. The smallest absolute Gasteiger partial charge is 0.323 e. The molecule has 0 saturated heterocycles. The van der Waals surface area contributed by atoms with Crippen LogP contribution in [0.3, 0.4) is 0 Å². The fourth-order valence-corrected chi connectivity index (χ4v) is 3.55. The Labute approximate surface area is 145 Å². The molecular formula is C20H19FN2O2. The Morgan fingerprint density at radius 1 is 1.20 bits per heavy atom. The van der Waals surface area contributed by atoms with E-state index in [4.69, 9.17) is 4.74 Å². The number of aromatic amines is 1. The highest BCUT2D eigenvalue weighted by molar-refractivity contribution is 5.87. The van der Waals surface area contributed by atoms with Crippen LogP contribution in [0.1, 0.15) is 29.8 Å². The SMILES string of the molecule is CCOC(=O)[C@@H]1Cc2c([nH]c3ccccc23)[C@@H](c2ccc(F)cc2)N1. The summed E-state index contributed by atoms with van der Waals surface area (Å²) < 4.78 is 18.5. The molecule has 2 atom stereocenters. The van der Waals surface area contributed by atoms with Crippen LogP contribution in [0, 0.1) is 5.82 Å². The third kappa shape index (κ3) is 2.81. The predicted octanol–water partition coefficient (Wildman–Crippen LogP) is 3.47. The number of para-hydroxylation sites is 1. The summed E-state index contributed by atoms with van der Waals surface area (Å²) in [5.41, 5.74) is 4.07. The Kier molecular flexibility index (Phi) is 4.01. The van der Waals surface area contributed by atoms with Crippen molar-refractivity contribution in [1.29, 1.82) is 0 Å². The molecule has 128 valence electrons. The average molecular weight is 338 g/mol. The van der Waals surface area contributed by atoms with Crippen molar-refractivity contribution >= 4 is 16.9 Å². The average Bonchev–Trinajstić information content (AvgIpc) is 3.00. The van der Waals surface area contributed by atoms with Gasteiger partial charge in [0.15, 0.2) is 0 Å². The fourth-order valence-electron chi connectivity index (χ4n) is 3.55. The van der Waals surface area contributed by atoms with Crippen LogP contribution in [0.15, 0.2) is 48.5 Å². The minimum atomic E-state index is -0.429. The van der Waals surface area contributed by atoms with Crippen LogP contribution in [-0.2, 0) is 16.0 Å². The van der Waals surface area contributed by atoms with E-state index in [1.54, 1.807) is 19.1 Å². The fraction of sp³-hybridized carbons (Fsp3) is 0.250. The van der Waals surface area contributed by atoms with Gasteiger partial charge < -0.3 is 9.72 Å². The maximum Gasteiger partial charge on any atom is 0.323 e. The lowest BCUT2D eigenvalue weighted by molar-refractivity contribution is -0.146. The van der Waals surface area contributed by atoms with Gasteiger partial charge in [-0.1, -0.05) is 30.3 Å². The van der Waals surface area contributed by atoms with Crippen LogP contribution >= 0.6 is 0 Å². The van der Waals surface area contributed by atoms with Gasteiger partial charge >= 0.3 is 5.97 Å². The normalized spacial score (nSPS) is 19.6. The van der Waals surface area contributed by atoms with Gasteiger partial charge in [0.05, 0.1) is 12.6 Å². The van der Waals surface area contributed by atoms with Crippen LogP contribution in [-0.4, -0.2) is 23.6 Å². The number of esters is 1. The third-order valence-electron chi connectivity index (χ3n) is 4.69. The van der Waals surface area contributed by atoms with E-state index in [0.29, 0.717) is 13.0 Å². The molecule has 5 heteroatoms. The standard InChI is InChI=1S/C20H19FN2O2/c1-2-25-20(24)17-11-15-14-5-3-4-6-16(14)22-19(15)18(23-17)12-7-9-13(21)10-8-12/h3-10,17-18,22-23H,2,11H2,1H3/t17-,18+/m0/s1. The quantitative estimate of drug-likeness (QED) is 0.719. The predicted molar refractivity (Wildman–Crippen MR) is 93.8 cm³/mol. The number of benzene rings is 2. The lowest BCUT2D eigenvalue weighted by atomic mass is 9.90. The molecular weight excluding hydrogens is 319 g/mol. The Hall–Kier alpha value is -2.66. The number of rotatable bonds is 3. The van der Waals surface area contributed by atoms with Crippen molar-refractivity contribution < 1.29 is 13.9 Å². The van der Waals surface area contributed by atoms with Crippen molar-refractivity contribution in [3.63, 3.8) is 0 Å². The van der Waals surface area contributed by atoms with Gasteiger partial charge in [0, 0.05) is 23.0 Å². The molecule has 0 fully saturated rings. The molecule has 2 heterocycles. The first-order chi connectivity index (χ1) is 12.2. The second kappa shape index (κ2) is 6.33. The number of aromatic nitrogens is 1. The van der Waals surface area contributed by atoms with Crippen molar-refractivity contribution in [2.45, 2.75) is 25.4 Å². The first-order valence-corrected chi connectivity index (χ1v) is 8.45. The van der Waals surface area contributed by atoms with E-state index >= 15 is 0 Å². The summed E-state index contributed by atoms with van der Waals surface area (Å²) in [4.78, 5) is 15.8. The number of carbonyl (C=O) groups excluding carboxylic acids is 1. The molecule has 0 amide bonds. The number of nitrogens with one attached hydrogen (secondary N) is 2. The lowest BCUT2D eigenvalue weighted by Gasteiger charge is -2.30. The molecule has 25 heavy (non-hydrogen) atoms.